The summed E-state index contributed by atoms with van der Waals surface area (Å²) in [5, 5.41) is 0. The molecule has 5 nitrogen and oxygen atoms in total. The first kappa shape index (κ1) is 14.7. The van der Waals surface area contributed by atoms with E-state index in [4.69, 9.17) is 5.73 Å². The molecule has 2 N–H and O–H groups in total. The summed E-state index contributed by atoms with van der Waals surface area (Å²) >= 11 is 1.67. The third kappa shape index (κ3) is 3.42. The Morgan fingerprint density at radius 2 is 2.00 bits per heavy atom. The Morgan fingerprint density at radius 3 is 2.63 bits per heavy atom. The van der Waals surface area contributed by atoms with E-state index in [1.807, 2.05) is 11.8 Å². The maximum Gasteiger partial charge on any atom is 0.246 e. The number of carbonyl (C=O) groups excluding carboxylic acids is 2. The number of likely N-dealkylation sites (tertiary alicyclic amines) is 1. The molecule has 2 aliphatic rings. The van der Waals surface area contributed by atoms with Crippen LogP contribution in [0, 0.1) is 0 Å². The minimum Gasteiger partial charge on any atom is -0.341 e. The van der Waals surface area contributed by atoms with Crippen LogP contribution in [-0.2, 0) is 9.59 Å². The van der Waals surface area contributed by atoms with E-state index < -0.39 is 0 Å². The number of piperidine rings is 1. The molecule has 0 spiro atoms. The molecule has 2 amide bonds. The quantitative estimate of drug-likeness (QED) is 0.826. The summed E-state index contributed by atoms with van der Waals surface area (Å²) in [6.45, 7) is 3.46. The highest BCUT2D eigenvalue weighted by molar-refractivity contribution is 7.99. The fraction of sp³-hybridized carbons (Fsp3) is 0.846. The van der Waals surface area contributed by atoms with E-state index in [0.29, 0.717) is 12.3 Å². The fourth-order valence-electron chi connectivity index (χ4n) is 2.58. The van der Waals surface area contributed by atoms with Crippen molar-refractivity contribution in [1.29, 1.82) is 0 Å². The maximum absolute atomic E-state index is 12.5. The Morgan fingerprint density at radius 1 is 1.32 bits per heavy atom. The largest absolute Gasteiger partial charge is 0.341 e. The topological polar surface area (TPSA) is 66.6 Å². The summed E-state index contributed by atoms with van der Waals surface area (Å²) < 4.78 is 0. The van der Waals surface area contributed by atoms with Crippen LogP contribution in [0.1, 0.15) is 32.6 Å². The van der Waals surface area contributed by atoms with Crippen molar-refractivity contribution < 1.29 is 9.59 Å². The van der Waals surface area contributed by atoms with Gasteiger partial charge in [0.25, 0.3) is 0 Å². The molecule has 0 radical (unpaired) electrons. The number of amides is 2. The van der Waals surface area contributed by atoms with Crippen LogP contribution >= 0.6 is 11.8 Å². The second-order valence-corrected chi connectivity index (χ2v) is 6.29. The number of nitrogens with zero attached hydrogens (tertiary/aromatic N) is 2. The van der Waals surface area contributed by atoms with E-state index in [2.05, 4.69) is 0 Å². The predicted octanol–water partition coefficient (Wildman–Crippen LogP) is 0.638. The third-order valence-electron chi connectivity index (χ3n) is 3.80. The molecule has 2 heterocycles. The lowest BCUT2D eigenvalue weighted by molar-refractivity contribution is -0.144. The Hall–Kier alpha value is -0.750. The SMILES string of the molecule is CCCC(=O)N1CSCC1C(=O)N1CCC(N)CC1. The molecule has 0 aromatic carbocycles. The second kappa shape index (κ2) is 6.61. The predicted molar refractivity (Wildman–Crippen MR) is 76.7 cm³/mol. The van der Waals surface area contributed by atoms with Crippen LogP contribution in [0.15, 0.2) is 0 Å². The standard InChI is InChI=1S/C13H23N3O2S/c1-2-3-12(17)16-9-19-8-11(16)13(18)15-6-4-10(14)5-7-15/h10-11H,2-9,14H2,1H3. The minimum atomic E-state index is -0.252. The highest BCUT2D eigenvalue weighted by Gasteiger charge is 2.37. The molecular weight excluding hydrogens is 262 g/mol. The molecule has 2 rings (SSSR count). The summed E-state index contributed by atoms with van der Waals surface area (Å²) in [5.74, 6) is 1.61. The van der Waals surface area contributed by atoms with Gasteiger partial charge in [0.05, 0.1) is 5.88 Å². The van der Waals surface area contributed by atoms with Crippen molar-refractivity contribution in [3.63, 3.8) is 0 Å². The zero-order valence-electron chi connectivity index (χ0n) is 11.5. The van der Waals surface area contributed by atoms with Crippen LogP contribution < -0.4 is 5.73 Å². The Kier molecular flexibility index (Phi) is 5.10. The van der Waals surface area contributed by atoms with Crippen molar-refractivity contribution in [3.8, 4) is 0 Å². The second-order valence-electron chi connectivity index (χ2n) is 5.29. The first-order valence-electron chi connectivity index (χ1n) is 7.05. The van der Waals surface area contributed by atoms with Gasteiger partial charge < -0.3 is 15.5 Å². The van der Waals surface area contributed by atoms with Gasteiger partial charge in [-0.25, -0.2) is 0 Å². The first-order chi connectivity index (χ1) is 9.13. The van der Waals surface area contributed by atoms with Crippen molar-refractivity contribution >= 4 is 23.6 Å². The van der Waals surface area contributed by atoms with E-state index in [1.165, 1.54) is 0 Å². The number of thioether (sulfide) groups is 1. The van der Waals surface area contributed by atoms with Crippen LogP contribution in [0.5, 0.6) is 0 Å². The maximum atomic E-state index is 12.5. The van der Waals surface area contributed by atoms with Crippen molar-refractivity contribution in [1.82, 2.24) is 9.80 Å². The molecule has 0 aromatic rings. The van der Waals surface area contributed by atoms with Gasteiger partial charge in [-0.3, -0.25) is 9.59 Å². The molecule has 6 heteroatoms. The molecular formula is C13H23N3O2S. The van der Waals surface area contributed by atoms with Crippen LogP contribution in [0.3, 0.4) is 0 Å². The Bertz CT molecular complexity index is 343. The molecule has 2 saturated heterocycles. The van der Waals surface area contributed by atoms with Crippen LogP contribution in [-0.4, -0.2) is 58.4 Å². The fourth-order valence-corrected chi connectivity index (χ4v) is 3.75. The van der Waals surface area contributed by atoms with Gasteiger partial charge in [-0.2, -0.15) is 0 Å². The molecule has 0 aliphatic carbocycles. The van der Waals surface area contributed by atoms with Gasteiger partial charge in [-0.15, -0.1) is 11.8 Å². The summed E-state index contributed by atoms with van der Waals surface area (Å²) in [6.07, 6.45) is 3.11. The van der Waals surface area contributed by atoms with Gasteiger partial charge in [0.2, 0.25) is 11.8 Å². The van der Waals surface area contributed by atoms with Crippen LogP contribution in [0.25, 0.3) is 0 Å². The molecule has 2 fully saturated rings. The lowest BCUT2D eigenvalue weighted by Crippen LogP contribution is -2.52. The molecule has 0 saturated carbocycles. The first-order valence-corrected chi connectivity index (χ1v) is 8.20. The minimum absolute atomic E-state index is 0.111. The van der Waals surface area contributed by atoms with Crippen molar-refractivity contribution in [3.05, 3.63) is 0 Å². The number of hydrogen-bond donors (Lipinski definition) is 1. The normalized spacial score (nSPS) is 24.8. The highest BCUT2D eigenvalue weighted by atomic mass is 32.2. The lowest BCUT2D eigenvalue weighted by atomic mass is 10.1. The molecule has 0 bridgehead atoms. The number of nitrogens with two attached hydrogens (primary N) is 1. The summed E-state index contributed by atoms with van der Waals surface area (Å²) in [6, 6.07) is -0.0294. The van der Waals surface area contributed by atoms with E-state index in [0.717, 1.165) is 38.1 Å². The summed E-state index contributed by atoms with van der Waals surface area (Å²) in [4.78, 5) is 28.2. The third-order valence-corrected chi connectivity index (χ3v) is 4.82. The zero-order valence-corrected chi connectivity index (χ0v) is 12.3. The van der Waals surface area contributed by atoms with Crippen molar-refractivity contribution in [2.24, 2.45) is 5.73 Å². The van der Waals surface area contributed by atoms with Gasteiger partial charge in [0, 0.05) is 31.3 Å². The van der Waals surface area contributed by atoms with Gasteiger partial charge >= 0.3 is 0 Å². The molecule has 19 heavy (non-hydrogen) atoms. The number of carbonyl (C=O) groups is 2. The van der Waals surface area contributed by atoms with Gasteiger partial charge in [0.1, 0.15) is 6.04 Å². The number of rotatable bonds is 3. The van der Waals surface area contributed by atoms with Crippen molar-refractivity contribution in [2.75, 3.05) is 24.7 Å². The smallest absolute Gasteiger partial charge is 0.246 e. The lowest BCUT2D eigenvalue weighted by Gasteiger charge is -2.34. The molecule has 1 atom stereocenters. The molecule has 1 unspecified atom stereocenters. The average molecular weight is 285 g/mol. The van der Waals surface area contributed by atoms with E-state index >= 15 is 0 Å². The molecule has 108 valence electrons. The van der Waals surface area contributed by atoms with E-state index in [1.54, 1.807) is 16.7 Å². The van der Waals surface area contributed by atoms with Crippen molar-refractivity contribution in [2.45, 2.75) is 44.7 Å². The number of hydrogen-bond acceptors (Lipinski definition) is 4. The average Bonchev–Trinajstić information content (AvgIpc) is 2.88. The monoisotopic (exact) mass is 285 g/mol. The van der Waals surface area contributed by atoms with Crippen LogP contribution in [0.4, 0.5) is 0 Å². The summed E-state index contributed by atoms with van der Waals surface area (Å²) in [7, 11) is 0. The van der Waals surface area contributed by atoms with Crippen LogP contribution in [0.2, 0.25) is 0 Å². The van der Waals surface area contributed by atoms with Gasteiger partial charge in [-0.1, -0.05) is 6.92 Å². The Balaban J connectivity index is 1.95. The zero-order chi connectivity index (χ0) is 13.8. The van der Waals surface area contributed by atoms with E-state index in [9.17, 15) is 9.59 Å². The van der Waals surface area contributed by atoms with Gasteiger partial charge in [-0.05, 0) is 19.3 Å². The van der Waals surface area contributed by atoms with E-state index in [-0.39, 0.29) is 23.9 Å². The molecule has 2 aliphatic heterocycles. The summed E-state index contributed by atoms with van der Waals surface area (Å²) in [5.41, 5.74) is 5.86. The van der Waals surface area contributed by atoms with Gasteiger partial charge in [0.15, 0.2) is 0 Å². The molecule has 0 aromatic heterocycles. The highest BCUT2D eigenvalue weighted by Crippen LogP contribution is 2.24. The Labute approximate surface area is 118 Å².